The maximum atomic E-state index is 12.6. The van der Waals surface area contributed by atoms with Crippen LogP contribution in [0.1, 0.15) is 45.7 Å². The largest absolute Gasteiger partial charge is 0.454 e. The highest BCUT2D eigenvalue weighted by atomic mass is 16.5. The van der Waals surface area contributed by atoms with Gasteiger partial charge < -0.3 is 9.64 Å². The first-order valence-electron chi connectivity index (χ1n) is 10.4. The summed E-state index contributed by atoms with van der Waals surface area (Å²) in [6, 6.07) is 21.3. The number of carbonyl (C=O) groups excluding carboxylic acids is 2. The Morgan fingerprint density at radius 2 is 1.50 bits per heavy atom. The van der Waals surface area contributed by atoms with Gasteiger partial charge in [-0.25, -0.2) is 4.79 Å². The van der Waals surface area contributed by atoms with E-state index in [9.17, 15) is 9.59 Å². The summed E-state index contributed by atoms with van der Waals surface area (Å²) < 4.78 is 5.28. The lowest BCUT2D eigenvalue weighted by atomic mass is 10.0. The van der Waals surface area contributed by atoms with Gasteiger partial charge in [-0.1, -0.05) is 36.4 Å². The van der Waals surface area contributed by atoms with Crippen molar-refractivity contribution in [2.75, 3.05) is 24.6 Å². The topological polar surface area (TPSA) is 46.6 Å². The van der Waals surface area contributed by atoms with Gasteiger partial charge in [0.25, 0.3) is 0 Å². The molecule has 0 saturated carbocycles. The lowest BCUT2D eigenvalue weighted by Gasteiger charge is -2.20. The summed E-state index contributed by atoms with van der Waals surface area (Å²) >= 11 is 0. The smallest absolute Gasteiger partial charge is 0.338 e. The Labute approximate surface area is 177 Å². The molecule has 0 unspecified atom stereocenters. The van der Waals surface area contributed by atoms with Crippen LogP contribution in [0.4, 0.5) is 5.69 Å². The van der Waals surface area contributed by atoms with E-state index in [4.69, 9.17) is 4.74 Å². The summed E-state index contributed by atoms with van der Waals surface area (Å²) in [5.74, 6) is -0.684. The molecule has 3 aromatic carbocycles. The predicted octanol–water partition coefficient (Wildman–Crippen LogP) is 5.14. The molecule has 0 heterocycles. The van der Waals surface area contributed by atoms with Gasteiger partial charge in [0.05, 0.1) is 5.56 Å². The summed E-state index contributed by atoms with van der Waals surface area (Å²) in [5.41, 5.74) is 6.83. The summed E-state index contributed by atoms with van der Waals surface area (Å²) in [4.78, 5) is 27.2. The van der Waals surface area contributed by atoms with Gasteiger partial charge in [-0.3, -0.25) is 4.79 Å². The minimum atomic E-state index is -0.485. The number of ether oxygens (including phenoxy) is 1. The molecule has 0 bridgehead atoms. The molecule has 0 aliphatic heterocycles. The van der Waals surface area contributed by atoms with Crippen LogP contribution in [-0.2, 0) is 11.2 Å². The summed E-state index contributed by atoms with van der Waals surface area (Å²) in [6.07, 6.45) is 0.887. The van der Waals surface area contributed by atoms with Gasteiger partial charge in [0, 0.05) is 24.3 Å². The Bertz CT molecular complexity index is 1080. The number of fused-ring (bicyclic) bond motifs is 3. The van der Waals surface area contributed by atoms with Crippen LogP contribution in [0.15, 0.2) is 66.7 Å². The van der Waals surface area contributed by atoms with Crippen molar-refractivity contribution in [3.8, 4) is 11.1 Å². The van der Waals surface area contributed by atoms with Gasteiger partial charge in [-0.05, 0) is 72.9 Å². The van der Waals surface area contributed by atoms with Crippen LogP contribution in [0.5, 0.6) is 0 Å². The van der Waals surface area contributed by atoms with Gasteiger partial charge in [0.15, 0.2) is 12.4 Å². The zero-order valence-electron chi connectivity index (χ0n) is 17.4. The summed E-state index contributed by atoms with van der Waals surface area (Å²) in [7, 11) is 0. The minimum Gasteiger partial charge on any atom is -0.454 e. The van der Waals surface area contributed by atoms with Crippen molar-refractivity contribution in [1.29, 1.82) is 0 Å². The molecular formula is C26H25NO3. The number of hydrogen-bond acceptors (Lipinski definition) is 4. The third-order valence-corrected chi connectivity index (χ3v) is 5.69. The highest BCUT2D eigenvalue weighted by Crippen LogP contribution is 2.36. The van der Waals surface area contributed by atoms with E-state index in [1.165, 1.54) is 16.7 Å². The van der Waals surface area contributed by atoms with E-state index in [-0.39, 0.29) is 12.4 Å². The van der Waals surface area contributed by atoms with Gasteiger partial charge in [0.2, 0.25) is 0 Å². The molecule has 4 heteroatoms. The number of nitrogens with zero attached hydrogens (tertiary/aromatic N) is 1. The number of anilines is 1. The molecule has 4 rings (SSSR count). The van der Waals surface area contributed by atoms with Gasteiger partial charge >= 0.3 is 5.97 Å². The SMILES string of the molecule is CCN(CC)c1ccc(C(=O)OCC(=O)c2ccc3c(c2)-c2ccccc2C3)cc1. The lowest BCUT2D eigenvalue weighted by molar-refractivity contribution is 0.0475. The predicted molar refractivity (Wildman–Crippen MR) is 119 cm³/mol. The molecule has 3 aromatic rings. The van der Waals surface area contributed by atoms with Crippen molar-refractivity contribution in [1.82, 2.24) is 0 Å². The van der Waals surface area contributed by atoms with Gasteiger partial charge in [0.1, 0.15) is 0 Å². The zero-order valence-corrected chi connectivity index (χ0v) is 17.4. The summed E-state index contributed by atoms with van der Waals surface area (Å²) in [5, 5.41) is 0. The first-order valence-corrected chi connectivity index (χ1v) is 10.4. The van der Waals surface area contributed by atoms with Crippen molar-refractivity contribution in [3.63, 3.8) is 0 Å². The Morgan fingerprint density at radius 3 is 2.23 bits per heavy atom. The van der Waals surface area contributed by atoms with Crippen molar-refractivity contribution in [3.05, 3.63) is 89.0 Å². The monoisotopic (exact) mass is 399 g/mol. The molecule has 0 fully saturated rings. The van der Waals surface area contributed by atoms with E-state index in [2.05, 4.69) is 30.9 Å². The molecule has 4 nitrogen and oxygen atoms in total. The molecule has 0 spiro atoms. The van der Waals surface area contributed by atoms with Gasteiger partial charge in [-0.2, -0.15) is 0 Å². The Hall–Kier alpha value is -3.40. The Kier molecular flexibility index (Phi) is 5.66. The number of rotatable bonds is 7. The number of ketones is 1. The van der Waals surface area contributed by atoms with Crippen LogP contribution in [-0.4, -0.2) is 31.4 Å². The first kappa shape index (κ1) is 19.9. The van der Waals surface area contributed by atoms with Crippen LogP contribution in [0.2, 0.25) is 0 Å². The molecule has 0 N–H and O–H groups in total. The third-order valence-electron chi connectivity index (χ3n) is 5.69. The highest BCUT2D eigenvalue weighted by molar-refractivity contribution is 6.00. The second-order valence-electron chi connectivity index (χ2n) is 7.42. The van der Waals surface area contributed by atoms with E-state index >= 15 is 0 Å². The zero-order chi connectivity index (χ0) is 21.1. The molecule has 0 aromatic heterocycles. The van der Waals surface area contributed by atoms with Gasteiger partial charge in [-0.15, -0.1) is 0 Å². The van der Waals surface area contributed by atoms with E-state index < -0.39 is 5.97 Å². The van der Waals surface area contributed by atoms with Crippen LogP contribution in [0.3, 0.4) is 0 Å². The minimum absolute atomic E-state index is 0.199. The second-order valence-corrected chi connectivity index (χ2v) is 7.42. The van der Waals surface area contributed by atoms with Crippen molar-refractivity contribution in [2.45, 2.75) is 20.3 Å². The standard InChI is InChI=1S/C26H25NO3/c1-3-27(4-2)22-13-11-18(12-14-22)26(29)30-17-25(28)21-10-9-20-15-19-7-5-6-8-23(19)24(20)16-21/h5-14,16H,3-4,15,17H2,1-2H3. The number of hydrogen-bond donors (Lipinski definition) is 0. The van der Waals surface area contributed by atoms with E-state index in [1.807, 2.05) is 42.5 Å². The quantitative estimate of drug-likeness (QED) is 0.319. The number of Topliss-reactive ketones (excluding diaryl/α,β-unsaturated/α-hetero) is 1. The average molecular weight is 399 g/mol. The Morgan fingerprint density at radius 1 is 0.833 bits per heavy atom. The summed E-state index contributed by atoms with van der Waals surface area (Å²) in [6.45, 7) is 5.72. The first-order chi connectivity index (χ1) is 14.6. The van der Waals surface area contributed by atoms with Crippen molar-refractivity contribution in [2.24, 2.45) is 0 Å². The molecule has 0 atom stereocenters. The highest BCUT2D eigenvalue weighted by Gasteiger charge is 2.20. The maximum Gasteiger partial charge on any atom is 0.338 e. The molecule has 0 amide bonds. The van der Waals surface area contributed by atoms with Crippen LogP contribution in [0.25, 0.3) is 11.1 Å². The van der Waals surface area contributed by atoms with E-state index in [1.54, 1.807) is 12.1 Å². The molecule has 152 valence electrons. The van der Waals surface area contributed by atoms with Crippen LogP contribution < -0.4 is 4.90 Å². The van der Waals surface area contributed by atoms with Crippen LogP contribution >= 0.6 is 0 Å². The van der Waals surface area contributed by atoms with Crippen molar-refractivity contribution >= 4 is 17.4 Å². The van der Waals surface area contributed by atoms with E-state index in [0.29, 0.717) is 11.1 Å². The number of carbonyl (C=O) groups is 2. The maximum absolute atomic E-state index is 12.6. The molecule has 1 aliphatic carbocycles. The molecular weight excluding hydrogens is 374 g/mol. The second kappa shape index (κ2) is 8.54. The fourth-order valence-corrected chi connectivity index (χ4v) is 3.99. The molecule has 30 heavy (non-hydrogen) atoms. The van der Waals surface area contributed by atoms with Crippen molar-refractivity contribution < 1.29 is 14.3 Å². The Balaban J connectivity index is 1.41. The number of esters is 1. The number of benzene rings is 3. The molecule has 1 aliphatic rings. The molecule has 0 radical (unpaired) electrons. The fraction of sp³-hybridized carbons (Fsp3) is 0.231. The van der Waals surface area contributed by atoms with Crippen LogP contribution in [0, 0.1) is 0 Å². The molecule has 0 saturated heterocycles. The fourth-order valence-electron chi connectivity index (χ4n) is 3.99. The van der Waals surface area contributed by atoms with E-state index in [0.717, 1.165) is 30.8 Å². The normalized spacial score (nSPS) is 11.5. The average Bonchev–Trinajstić information content (AvgIpc) is 3.16. The third kappa shape index (κ3) is 3.86. The lowest BCUT2D eigenvalue weighted by Crippen LogP contribution is -2.21.